The Hall–Kier alpha value is -1.32. The summed E-state index contributed by atoms with van der Waals surface area (Å²) in [6.45, 7) is 7.24. The molecule has 142 valence electrons. The van der Waals surface area contributed by atoms with Crippen LogP contribution in [0.2, 0.25) is 0 Å². The Labute approximate surface area is 155 Å². The Morgan fingerprint density at radius 1 is 1.36 bits per heavy atom. The molecule has 0 amide bonds. The van der Waals surface area contributed by atoms with Gasteiger partial charge in [-0.1, -0.05) is 0 Å². The summed E-state index contributed by atoms with van der Waals surface area (Å²) in [5.74, 6) is 0.852. The fourth-order valence-electron chi connectivity index (χ4n) is 2.68. The van der Waals surface area contributed by atoms with Crippen molar-refractivity contribution in [3.05, 3.63) is 17.5 Å². The van der Waals surface area contributed by atoms with Crippen LogP contribution < -0.4 is 20.3 Å². The van der Waals surface area contributed by atoms with Crippen LogP contribution in [0.5, 0.6) is 0 Å². The molecule has 1 aliphatic heterocycles. The minimum Gasteiger partial charge on any atom is -0.363 e. The van der Waals surface area contributed by atoms with E-state index >= 15 is 0 Å². The molecule has 1 saturated heterocycles. The van der Waals surface area contributed by atoms with Gasteiger partial charge in [0.05, 0.1) is 17.3 Å². The van der Waals surface area contributed by atoms with E-state index in [1.54, 1.807) is 18.3 Å². The van der Waals surface area contributed by atoms with Gasteiger partial charge in [-0.05, 0) is 44.2 Å². The molecule has 3 N–H and O–H groups in total. The summed E-state index contributed by atoms with van der Waals surface area (Å²) in [6.07, 6.45) is 2.12. The summed E-state index contributed by atoms with van der Waals surface area (Å²) in [6, 6.07) is 4.65. The summed E-state index contributed by atoms with van der Waals surface area (Å²) < 4.78 is 25.4. The van der Waals surface area contributed by atoms with E-state index in [0.29, 0.717) is 19.1 Å². The maximum atomic E-state index is 11.4. The fourth-order valence-corrected chi connectivity index (χ4v) is 4.07. The number of hydrogen-bond donors (Lipinski definition) is 3. The van der Waals surface area contributed by atoms with Crippen molar-refractivity contribution in [2.75, 3.05) is 43.4 Å². The molecule has 7 nitrogen and oxygen atoms in total. The van der Waals surface area contributed by atoms with Gasteiger partial charge < -0.3 is 15.5 Å². The molecule has 0 spiro atoms. The number of hydrogen-bond acceptors (Lipinski definition) is 5. The average molecular weight is 388 g/mol. The zero-order valence-electron chi connectivity index (χ0n) is 15.0. The summed E-state index contributed by atoms with van der Waals surface area (Å²) in [5, 5.41) is 10.2. The smallest absolute Gasteiger partial charge is 0.211 e. The van der Waals surface area contributed by atoms with Crippen molar-refractivity contribution >= 4 is 32.3 Å². The predicted molar refractivity (Wildman–Crippen MR) is 106 cm³/mol. The second kappa shape index (κ2) is 9.98. The molecule has 0 saturated carbocycles. The fraction of sp³-hybridized carbons (Fsp3) is 0.688. The number of rotatable bonds is 8. The number of piperidine rings is 1. The molecular weight excluding hydrogens is 358 g/mol. The number of guanidine groups is 1. The van der Waals surface area contributed by atoms with Crippen LogP contribution in [0.4, 0.5) is 5.00 Å². The lowest BCUT2D eigenvalue weighted by Crippen LogP contribution is -2.48. The van der Waals surface area contributed by atoms with Gasteiger partial charge in [-0.25, -0.2) is 13.1 Å². The number of aliphatic imine (C=N–C) groups is 1. The first-order valence-electron chi connectivity index (χ1n) is 8.84. The van der Waals surface area contributed by atoms with Crippen LogP contribution in [0.15, 0.2) is 22.5 Å². The van der Waals surface area contributed by atoms with Crippen molar-refractivity contribution in [1.29, 1.82) is 0 Å². The van der Waals surface area contributed by atoms with Gasteiger partial charge in [-0.15, -0.1) is 11.3 Å². The molecule has 9 heteroatoms. The highest BCUT2D eigenvalue weighted by Gasteiger charge is 2.20. The molecule has 1 aliphatic rings. The van der Waals surface area contributed by atoms with Gasteiger partial charge in [0.2, 0.25) is 10.0 Å². The first kappa shape index (κ1) is 20.0. The SMILES string of the molecule is CCNC(=NCCNS(=O)(=O)CC)NC1CCN(c2cccs2)CC1. The minimum absolute atomic E-state index is 0.0951. The molecule has 0 aliphatic carbocycles. The van der Waals surface area contributed by atoms with Crippen LogP contribution in [0.1, 0.15) is 26.7 Å². The average Bonchev–Trinajstić information content (AvgIpc) is 3.14. The van der Waals surface area contributed by atoms with Gasteiger partial charge in [0.25, 0.3) is 0 Å². The summed E-state index contributed by atoms with van der Waals surface area (Å²) in [5.41, 5.74) is 0. The molecule has 1 fully saturated rings. The number of nitrogens with one attached hydrogen (secondary N) is 3. The monoisotopic (exact) mass is 387 g/mol. The Balaban J connectivity index is 1.78. The van der Waals surface area contributed by atoms with E-state index in [-0.39, 0.29) is 5.75 Å². The maximum Gasteiger partial charge on any atom is 0.211 e. The second-order valence-electron chi connectivity index (χ2n) is 5.92. The molecule has 0 radical (unpaired) electrons. The van der Waals surface area contributed by atoms with Crippen molar-refractivity contribution in [2.24, 2.45) is 4.99 Å². The van der Waals surface area contributed by atoms with Crippen molar-refractivity contribution < 1.29 is 8.42 Å². The first-order valence-corrected chi connectivity index (χ1v) is 11.4. The lowest BCUT2D eigenvalue weighted by molar-refractivity contribution is 0.463. The molecule has 0 unspecified atom stereocenters. The molecule has 1 aromatic rings. The molecular formula is C16H29N5O2S2. The quantitative estimate of drug-likeness (QED) is 0.355. The van der Waals surface area contributed by atoms with Gasteiger partial charge in [-0.2, -0.15) is 0 Å². The van der Waals surface area contributed by atoms with Crippen LogP contribution >= 0.6 is 11.3 Å². The van der Waals surface area contributed by atoms with Crippen molar-refractivity contribution in [1.82, 2.24) is 15.4 Å². The third-order valence-electron chi connectivity index (χ3n) is 4.08. The maximum absolute atomic E-state index is 11.4. The van der Waals surface area contributed by atoms with Gasteiger partial charge in [0, 0.05) is 32.2 Å². The third-order valence-corrected chi connectivity index (χ3v) is 6.41. The third kappa shape index (κ3) is 6.83. The predicted octanol–water partition coefficient (Wildman–Crippen LogP) is 1.21. The first-order chi connectivity index (χ1) is 12.0. The molecule has 25 heavy (non-hydrogen) atoms. The Bertz CT molecular complexity index is 623. The second-order valence-corrected chi connectivity index (χ2v) is 8.94. The van der Waals surface area contributed by atoms with Gasteiger partial charge in [-0.3, -0.25) is 4.99 Å². The van der Waals surface area contributed by atoms with E-state index in [9.17, 15) is 8.42 Å². The van der Waals surface area contributed by atoms with E-state index in [4.69, 9.17) is 0 Å². The molecule has 1 aromatic heterocycles. The van der Waals surface area contributed by atoms with E-state index in [2.05, 4.69) is 42.8 Å². The Kier molecular flexibility index (Phi) is 7.98. The number of thiophene rings is 1. The van der Waals surface area contributed by atoms with E-state index in [1.165, 1.54) is 5.00 Å². The molecule has 0 atom stereocenters. The Morgan fingerprint density at radius 3 is 2.72 bits per heavy atom. The number of sulfonamides is 1. The van der Waals surface area contributed by atoms with Crippen molar-refractivity contribution in [3.63, 3.8) is 0 Å². The molecule has 2 heterocycles. The van der Waals surface area contributed by atoms with Crippen LogP contribution in [-0.2, 0) is 10.0 Å². The normalized spacial score (nSPS) is 16.9. The zero-order chi connectivity index (χ0) is 18.1. The Morgan fingerprint density at radius 2 is 2.12 bits per heavy atom. The van der Waals surface area contributed by atoms with Gasteiger partial charge in [0.1, 0.15) is 0 Å². The summed E-state index contributed by atoms with van der Waals surface area (Å²) in [4.78, 5) is 6.89. The van der Waals surface area contributed by atoms with Crippen LogP contribution in [0.3, 0.4) is 0 Å². The highest BCUT2D eigenvalue weighted by Crippen LogP contribution is 2.24. The number of nitrogens with zero attached hydrogens (tertiary/aromatic N) is 2. The summed E-state index contributed by atoms with van der Waals surface area (Å²) >= 11 is 1.78. The van der Waals surface area contributed by atoms with Crippen LogP contribution in [0.25, 0.3) is 0 Å². The van der Waals surface area contributed by atoms with Crippen molar-refractivity contribution in [3.8, 4) is 0 Å². The van der Waals surface area contributed by atoms with E-state index in [0.717, 1.165) is 38.4 Å². The van der Waals surface area contributed by atoms with Gasteiger partial charge >= 0.3 is 0 Å². The van der Waals surface area contributed by atoms with E-state index in [1.807, 2.05) is 6.92 Å². The molecule has 2 rings (SSSR count). The standard InChI is InChI=1S/C16H29N5O2S2/c1-3-17-16(18-9-10-19-25(22,23)4-2)20-14-7-11-21(12-8-14)15-6-5-13-24-15/h5-6,13-14,19H,3-4,7-12H2,1-2H3,(H2,17,18,20). The van der Waals surface area contributed by atoms with Crippen LogP contribution in [-0.4, -0.2) is 58.9 Å². The van der Waals surface area contributed by atoms with Crippen molar-refractivity contribution in [2.45, 2.75) is 32.7 Å². The topological polar surface area (TPSA) is 85.8 Å². The summed E-state index contributed by atoms with van der Waals surface area (Å²) in [7, 11) is -3.15. The van der Waals surface area contributed by atoms with Gasteiger partial charge in [0.15, 0.2) is 5.96 Å². The molecule has 0 bridgehead atoms. The molecule has 0 aromatic carbocycles. The number of anilines is 1. The van der Waals surface area contributed by atoms with E-state index < -0.39 is 10.0 Å². The highest BCUT2D eigenvalue weighted by atomic mass is 32.2. The largest absolute Gasteiger partial charge is 0.363 e. The zero-order valence-corrected chi connectivity index (χ0v) is 16.6. The minimum atomic E-state index is -3.15. The highest BCUT2D eigenvalue weighted by molar-refractivity contribution is 7.89. The van der Waals surface area contributed by atoms with Crippen LogP contribution in [0, 0.1) is 0 Å². The lowest BCUT2D eigenvalue weighted by atomic mass is 10.1. The lowest BCUT2D eigenvalue weighted by Gasteiger charge is -2.33.